The third-order valence-electron chi connectivity index (χ3n) is 9.89. The molecule has 6 rings (SSSR count). The smallest absolute Gasteiger partial charge is 0.336 e. The Labute approximate surface area is 272 Å². The quantitative estimate of drug-likeness (QED) is 0.204. The van der Waals surface area contributed by atoms with Crippen LogP contribution in [0.4, 0.5) is 0 Å². The van der Waals surface area contributed by atoms with E-state index < -0.39 is 11.9 Å². The SMILES string of the molecule is COC(=O)C1=CN(C)C(C)=C(NC(=O)CCCN2CCC(c3ccccc3)(c3ccccc3)CC2)C1c1ccc2ccccc2c1. The van der Waals surface area contributed by atoms with Gasteiger partial charge in [-0.15, -0.1) is 0 Å². The van der Waals surface area contributed by atoms with Crippen molar-refractivity contribution in [1.82, 2.24) is 15.1 Å². The molecule has 0 aromatic heterocycles. The molecule has 1 atom stereocenters. The Morgan fingerprint density at radius 2 is 1.46 bits per heavy atom. The second kappa shape index (κ2) is 13.8. The maximum absolute atomic E-state index is 13.5. The first kappa shape index (κ1) is 31.3. The lowest BCUT2D eigenvalue weighted by Gasteiger charge is -2.43. The van der Waals surface area contributed by atoms with Crippen LogP contribution < -0.4 is 5.32 Å². The summed E-state index contributed by atoms with van der Waals surface area (Å²) in [5, 5.41) is 5.43. The number of methoxy groups -OCH3 is 1. The summed E-state index contributed by atoms with van der Waals surface area (Å²) in [7, 11) is 3.29. The van der Waals surface area contributed by atoms with Gasteiger partial charge in [0.2, 0.25) is 5.91 Å². The fourth-order valence-electron chi connectivity index (χ4n) is 7.21. The number of hydrogen-bond acceptors (Lipinski definition) is 5. The molecule has 1 amide bonds. The van der Waals surface area contributed by atoms with Crippen LogP contribution in [-0.4, -0.2) is 55.5 Å². The largest absolute Gasteiger partial charge is 0.466 e. The molecule has 1 saturated heterocycles. The van der Waals surface area contributed by atoms with Gasteiger partial charge in [0.25, 0.3) is 0 Å². The van der Waals surface area contributed by atoms with Gasteiger partial charge in [-0.05, 0) is 73.3 Å². The minimum absolute atomic E-state index is 0.00996. The van der Waals surface area contributed by atoms with Gasteiger partial charge in [0.1, 0.15) is 0 Å². The summed E-state index contributed by atoms with van der Waals surface area (Å²) in [4.78, 5) is 30.9. The van der Waals surface area contributed by atoms with Crippen LogP contribution in [0.3, 0.4) is 0 Å². The van der Waals surface area contributed by atoms with E-state index in [2.05, 4.69) is 95.1 Å². The van der Waals surface area contributed by atoms with Gasteiger partial charge in [0.15, 0.2) is 0 Å². The molecule has 2 heterocycles. The minimum Gasteiger partial charge on any atom is -0.466 e. The Bertz CT molecular complexity index is 1710. The number of carbonyl (C=O) groups is 2. The number of nitrogens with one attached hydrogen (secondary N) is 1. The second-order valence-electron chi connectivity index (χ2n) is 12.5. The number of benzene rings is 4. The lowest BCUT2D eigenvalue weighted by Crippen LogP contribution is -2.43. The molecular formula is C40H43N3O3. The maximum atomic E-state index is 13.5. The molecule has 4 aromatic carbocycles. The van der Waals surface area contributed by atoms with Crippen molar-refractivity contribution in [2.24, 2.45) is 0 Å². The number of allylic oxidation sites excluding steroid dienone is 2. The van der Waals surface area contributed by atoms with Crippen molar-refractivity contribution in [3.8, 4) is 0 Å². The highest BCUT2D eigenvalue weighted by molar-refractivity contribution is 5.93. The predicted octanol–water partition coefficient (Wildman–Crippen LogP) is 7.14. The monoisotopic (exact) mass is 613 g/mol. The third kappa shape index (κ3) is 6.35. The topological polar surface area (TPSA) is 61.9 Å². The molecule has 6 heteroatoms. The molecule has 2 aliphatic rings. The number of esters is 1. The van der Waals surface area contributed by atoms with Crippen LogP contribution in [0.25, 0.3) is 10.8 Å². The number of ether oxygens (including phenoxy) is 1. The summed E-state index contributed by atoms with van der Waals surface area (Å²) in [6, 6.07) is 36.1. The van der Waals surface area contributed by atoms with E-state index >= 15 is 0 Å². The molecule has 0 radical (unpaired) electrons. The first-order chi connectivity index (χ1) is 22.4. The number of fused-ring (bicyclic) bond motifs is 1. The van der Waals surface area contributed by atoms with Crippen LogP contribution in [-0.2, 0) is 19.7 Å². The molecular weight excluding hydrogens is 570 g/mol. The Morgan fingerprint density at radius 3 is 2.09 bits per heavy atom. The first-order valence-electron chi connectivity index (χ1n) is 16.3. The van der Waals surface area contributed by atoms with E-state index in [0.717, 1.165) is 66.6 Å². The highest BCUT2D eigenvalue weighted by Crippen LogP contribution is 2.42. The molecule has 46 heavy (non-hydrogen) atoms. The van der Waals surface area contributed by atoms with Crippen molar-refractivity contribution in [2.75, 3.05) is 33.8 Å². The maximum Gasteiger partial charge on any atom is 0.336 e. The zero-order valence-electron chi connectivity index (χ0n) is 27.0. The van der Waals surface area contributed by atoms with Crippen molar-refractivity contribution >= 4 is 22.6 Å². The Hall–Kier alpha value is -4.68. The van der Waals surface area contributed by atoms with Gasteiger partial charge in [-0.25, -0.2) is 4.79 Å². The molecule has 0 aliphatic carbocycles. The lowest BCUT2D eigenvalue weighted by molar-refractivity contribution is -0.136. The number of rotatable bonds is 9. The number of nitrogens with zero attached hydrogens (tertiary/aromatic N) is 2. The average molecular weight is 614 g/mol. The Morgan fingerprint density at radius 1 is 0.848 bits per heavy atom. The van der Waals surface area contributed by atoms with Crippen LogP contribution >= 0.6 is 0 Å². The average Bonchev–Trinajstić information content (AvgIpc) is 3.10. The normalized spacial score (nSPS) is 18.3. The molecule has 6 nitrogen and oxygen atoms in total. The van der Waals surface area contributed by atoms with Gasteiger partial charge in [-0.3, -0.25) is 4.79 Å². The number of carbonyl (C=O) groups excluding carboxylic acids is 2. The standard InChI is InChI=1S/C40H43N3O3/c1-29-38(37(35(28-42(29)2)39(45)46-3)32-21-20-30-13-10-11-14-31(30)27-32)41-36(44)19-12-24-43-25-22-40(23-26-43,33-15-6-4-7-16-33)34-17-8-5-9-18-34/h4-11,13-18,20-21,27-28,37H,12,19,22-26H2,1-3H3,(H,41,44). The molecule has 0 bridgehead atoms. The molecule has 1 unspecified atom stereocenters. The van der Waals surface area contributed by atoms with Crippen molar-refractivity contribution in [2.45, 2.75) is 43.9 Å². The summed E-state index contributed by atoms with van der Waals surface area (Å²) in [6.45, 7) is 4.82. The molecule has 4 aromatic rings. The number of likely N-dealkylation sites (tertiary alicyclic amines) is 1. The fraction of sp³-hybridized carbons (Fsp3) is 0.300. The van der Waals surface area contributed by atoms with Gasteiger partial charge in [-0.2, -0.15) is 0 Å². The van der Waals surface area contributed by atoms with Crippen LogP contribution in [0.2, 0.25) is 0 Å². The van der Waals surface area contributed by atoms with Crippen molar-refractivity contribution in [3.63, 3.8) is 0 Å². The molecule has 0 saturated carbocycles. The van der Waals surface area contributed by atoms with Gasteiger partial charge < -0.3 is 19.9 Å². The van der Waals surface area contributed by atoms with Crippen molar-refractivity contribution in [1.29, 1.82) is 0 Å². The van der Waals surface area contributed by atoms with Crippen LogP contribution in [0.15, 0.2) is 126 Å². The van der Waals surface area contributed by atoms with Gasteiger partial charge >= 0.3 is 5.97 Å². The number of hydrogen-bond donors (Lipinski definition) is 1. The molecule has 0 spiro atoms. The highest BCUT2D eigenvalue weighted by atomic mass is 16.5. The molecule has 236 valence electrons. The Kier molecular flexibility index (Phi) is 9.36. The van der Waals surface area contributed by atoms with E-state index in [-0.39, 0.29) is 11.3 Å². The highest BCUT2D eigenvalue weighted by Gasteiger charge is 2.38. The van der Waals surface area contributed by atoms with E-state index in [1.165, 1.54) is 18.2 Å². The van der Waals surface area contributed by atoms with E-state index in [1.807, 2.05) is 43.3 Å². The summed E-state index contributed by atoms with van der Waals surface area (Å²) in [5.74, 6) is -0.889. The summed E-state index contributed by atoms with van der Waals surface area (Å²) >= 11 is 0. The number of piperidine rings is 1. The molecule has 1 N–H and O–H groups in total. The van der Waals surface area contributed by atoms with E-state index in [9.17, 15) is 9.59 Å². The van der Waals surface area contributed by atoms with E-state index in [4.69, 9.17) is 4.74 Å². The molecule has 1 fully saturated rings. The third-order valence-corrected chi connectivity index (χ3v) is 9.89. The fourth-order valence-corrected chi connectivity index (χ4v) is 7.21. The zero-order chi connectivity index (χ0) is 32.1. The lowest BCUT2D eigenvalue weighted by atomic mass is 9.68. The number of amides is 1. The predicted molar refractivity (Wildman–Crippen MR) is 184 cm³/mol. The van der Waals surface area contributed by atoms with E-state index in [0.29, 0.717) is 12.0 Å². The van der Waals surface area contributed by atoms with Crippen molar-refractivity contribution < 1.29 is 14.3 Å². The van der Waals surface area contributed by atoms with Gasteiger partial charge in [0, 0.05) is 36.5 Å². The van der Waals surface area contributed by atoms with E-state index in [1.54, 1.807) is 0 Å². The first-order valence-corrected chi connectivity index (χ1v) is 16.3. The van der Waals surface area contributed by atoms with Gasteiger partial charge in [-0.1, -0.05) is 103 Å². The molecule has 2 aliphatic heterocycles. The second-order valence-corrected chi connectivity index (χ2v) is 12.5. The summed E-state index contributed by atoms with van der Waals surface area (Å²) in [5.41, 5.74) is 5.81. The van der Waals surface area contributed by atoms with Gasteiger partial charge in [0.05, 0.1) is 18.6 Å². The summed E-state index contributed by atoms with van der Waals surface area (Å²) in [6.07, 6.45) is 5.07. The Balaban J connectivity index is 1.13. The van der Waals surface area contributed by atoms with Crippen LogP contribution in [0.1, 0.15) is 55.2 Å². The minimum atomic E-state index is -0.441. The zero-order valence-corrected chi connectivity index (χ0v) is 27.0. The van der Waals surface area contributed by atoms with Crippen molar-refractivity contribution in [3.05, 3.63) is 143 Å². The van der Waals surface area contributed by atoms with Crippen LogP contribution in [0, 0.1) is 0 Å². The summed E-state index contributed by atoms with van der Waals surface area (Å²) < 4.78 is 5.19. The van der Waals surface area contributed by atoms with Crippen LogP contribution in [0.5, 0.6) is 0 Å².